The number of ether oxygens (including phenoxy) is 1. The molecule has 1 aromatic heterocycles. The Kier molecular flexibility index (Phi) is 5.84. The number of aromatic nitrogens is 2. The summed E-state index contributed by atoms with van der Waals surface area (Å²) in [7, 11) is 0. The van der Waals surface area contributed by atoms with E-state index in [1.165, 1.54) is 25.5 Å². The average molecular weight is 432 g/mol. The quantitative estimate of drug-likeness (QED) is 0.721. The highest BCUT2D eigenvalue weighted by molar-refractivity contribution is 5.60. The highest BCUT2D eigenvalue weighted by Crippen LogP contribution is 2.39. The Morgan fingerprint density at radius 3 is 2.42 bits per heavy atom. The van der Waals surface area contributed by atoms with E-state index in [1.807, 2.05) is 0 Å². The molecule has 2 unspecified atom stereocenters. The Bertz CT molecular complexity index is 906. The molecule has 8 heteroatoms. The molecule has 31 heavy (non-hydrogen) atoms. The summed E-state index contributed by atoms with van der Waals surface area (Å²) >= 11 is 0. The standard InChI is InChI=1S/C23H27F3N4O/c24-17-9-19(23(26)20(25)10-17)21-1-2-22(29-28-21)27-18-7-15-12-30(13-16(15)8-18)11-14-3-5-31-6-4-14/h1-2,9-10,14-16,18H,3-8,11-13H2,(H,27,29). The molecule has 1 aromatic carbocycles. The van der Waals surface area contributed by atoms with Gasteiger partial charge in [-0.15, -0.1) is 10.2 Å². The zero-order valence-corrected chi connectivity index (χ0v) is 17.4. The molecule has 5 nitrogen and oxygen atoms in total. The van der Waals surface area contributed by atoms with E-state index in [-0.39, 0.29) is 11.3 Å². The lowest BCUT2D eigenvalue weighted by atomic mass is 10.00. The van der Waals surface area contributed by atoms with Crippen molar-refractivity contribution in [3.63, 3.8) is 0 Å². The van der Waals surface area contributed by atoms with Crippen LogP contribution in [0.2, 0.25) is 0 Å². The molecule has 0 amide bonds. The van der Waals surface area contributed by atoms with Crippen LogP contribution in [-0.2, 0) is 4.74 Å². The summed E-state index contributed by atoms with van der Waals surface area (Å²) < 4.78 is 46.3. The fourth-order valence-electron chi connectivity index (χ4n) is 5.46. The van der Waals surface area contributed by atoms with Crippen LogP contribution < -0.4 is 5.32 Å². The van der Waals surface area contributed by atoms with Crippen LogP contribution in [0.1, 0.15) is 25.7 Å². The molecule has 1 aliphatic carbocycles. The van der Waals surface area contributed by atoms with E-state index in [0.717, 1.165) is 51.1 Å². The van der Waals surface area contributed by atoms with E-state index >= 15 is 0 Å². The van der Waals surface area contributed by atoms with Gasteiger partial charge < -0.3 is 15.0 Å². The second-order valence-corrected chi connectivity index (χ2v) is 9.16. The molecule has 166 valence electrons. The Hall–Kier alpha value is -2.19. The third kappa shape index (κ3) is 4.55. The first-order chi connectivity index (χ1) is 15.0. The first-order valence-electron chi connectivity index (χ1n) is 11.1. The van der Waals surface area contributed by atoms with Gasteiger partial charge in [0.15, 0.2) is 11.6 Å². The molecule has 3 aliphatic rings. The van der Waals surface area contributed by atoms with Gasteiger partial charge in [-0.2, -0.15) is 0 Å². The van der Waals surface area contributed by atoms with Gasteiger partial charge in [0.1, 0.15) is 11.6 Å². The van der Waals surface area contributed by atoms with Gasteiger partial charge in [-0.05, 0) is 61.6 Å². The fourth-order valence-corrected chi connectivity index (χ4v) is 5.46. The van der Waals surface area contributed by atoms with Crippen molar-refractivity contribution in [1.29, 1.82) is 0 Å². The first-order valence-corrected chi connectivity index (χ1v) is 11.1. The lowest BCUT2D eigenvalue weighted by Gasteiger charge is -2.27. The van der Waals surface area contributed by atoms with Gasteiger partial charge in [0, 0.05) is 50.5 Å². The van der Waals surface area contributed by atoms with Crippen LogP contribution in [0.5, 0.6) is 0 Å². The van der Waals surface area contributed by atoms with E-state index in [0.29, 0.717) is 29.8 Å². The van der Waals surface area contributed by atoms with Crippen molar-refractivity contribution in [2.24, 2.45) is 17.8 Å². The number of fused-ring (bicyclic) bond motifs is 1. The van der Waals surface area contributed by atoms with Gasteiger partial charge in [-0.25, -0.2) is 13.2 Å². The smallest absolute Gasteiger partial charge is 0.168 e. The Balaban J connectivity index is 1.16. The van der Waals surface area contributed by atoms with Crippen LogP contribution in [0.3, 0.4) is 0 Å². The third-order valence-corrected chi connectivity index (χ3v) is 6.97. The second-order valence-electron chi connectivity index (χ2n) is 9.16. The molecule has 1 saturated carbocycles. The van der Waals surface area contributed by atoms with Gasteiger partial charge in [-0.3, -0.25) is 0 Å². The maximum Gasteiger partial charge on any atom is 0.168 e. The predicted octanol–water partition coefficient (Wildman–Crippen LogP) is 4.11. The molecule has 2 aliphatic heterocycles. The zero-order valence-electron chi connectivity index (χ0n) is 17.4. The second kappa shape index (κ2) is 8.74. The van der Waals surface area contributed by atoms with Crippen molar-refractivity contribution in [3.8, 4) is 11.3 Å². The SMILES string of the molecule is Fc1cc(F)c(F)c(-c2ccc(NC3CC4CN(CC5CCOCC5)CC4C3)nn2)c1. The predicted molar refractivity (Wildman–Crippen MR) is 111 cm³/mol. The van der Waals surface area contributed by atoms with Gasteiger partial charge >= 0.3 is 0 Å². The number of benzene rings is 1. The minimum absolute atomic E-state index is 0.105. The highest BCUT2D eigenvalue weighted by Gasteiger charge is 2.41. The normalized spacial score (nSPS) is 26.9. The maximum absolute atomic E-state index is 14.0. The Morgan fingerprint density at radius 2 is 1.74 bits per heavy atom. The van der Waals surface area contributed by atoms with Gasteiger partial charge in [0.25, 0.3) is 0 Å². The van der Waals surface area contributed by atoms with E-state index in [2.05, 4.69) is 20.4 Å². The van der Waals surface area contributed by atoms with Gasteiger partial charge in [-0.1, -0.05) is 0 Å². The molecule has 0 radical (unpaired) electrons. The molecule has 2 aromatic rings. The monoisotopic (exact) mass is 432 g/mol. The van der Waals surface area contributed by atoms with Crippen LogP contribution in [0.4, 0.5) is 19.0 Å². The molecule has 3 fully saturated rings. The van der Waals surface area contributed by atoms with Crippen LogP contribution in [0, 0.1) is 35.2 Å². The number of rotatable bonds is 5. The van der Waals surface area contributed by atoms with Crippen molar-refractivity contribution in [2.45, 2.75) is 31.7 Å². The minimum Gasteiger partial charge on any atom is -0.381 e. The van der Waals surface area contributed by atoms with Crippen molar-refractivity contribution >= 4 is 5.82 Å². The number of halogens is 3. The molecule has 5 rings (SSSR count). The first kappa shape index (κ1) is 20.7. The molecule has 2 atom stereocenters. The lowest BCUT2D eigenvalue weighted by molar-refractivity contribution is 0.0545. The summed E-state index contributed by atoms with van der Waals surface area (Å²) in [5, 5.41) is 11.5. The Morgan fingerprint density at radius 1 is 1.00 bits per heavy atom. The average Bonchev–Trinajstić information content (AvgIpc) is 3.30. The maximum atomic E-state index is 14.0. The van der Waals surface area contributed by atoms with E-state index < -0.39 is 17.5 Å². The molecular formula is C23H27F3N4O. The number of hydrogen-bond donors (Lipinski definition) is 1. The van der Waals surface area contributed by atoms with Crippen molar-refractivity contribution in [2.75, 3.05) is 38.2 Å². The summed E-state index contributed by atoms with van der Waals surface area (Å²) in [5.74, 6) is -0.423. The number of nitrogens with zero attached hydrogens (tertiary/aromatic N) is 3. The third-order valence-electron chi connectivity index (χ3n) is 6.97. The van der Waals surface area contributed by atoms with E-state index in [1.54, 1.807) is 6.07 Å². The van der Waals surface area contributed by atoms with Crippen molar-refractivity contribution in [1.82, 2.24) is 15.1 Å². The molecular weight excluding hydrogens is 405 g/mol. The summed E-state index contributed by atoms with van der Waals surface area (Å²) in [6.45, 7) is 5.32. The Labute approximate surface area is 180 Å². The van der Waals surface area contributed by atoms with E-state index in [9.17, 15) is 13.2 Å². The molecule has 0 bridgehead atoms. The number of nitrogens with one attached hydrogen (secondary N) is 1. The van der Waals surface area contributed by atoms with Crippen LogP contribution in [0.25, 0.3) is 11.3 Å². The molecule has 0 spiro atoms. The molecule has 2 saturated heterocycles. The van der Waals surface area contributed by atoms with E-state index in [4.69, 9.17) is 4.74 Å². The summed E-state index contributed by atoms with van der Waals surface area (Å²) in [6.07, 6.45) is 4.55. The lowest BCUT2D eigenvalue weighted by Crippen LogP contribution is -2.32. The summed E-state index contributed by atoms with van der Waals surface area (Å²) in [6, 6.07) is 5.02. The zero-order chi connectivity index (χ0) is 21.4. The molecule has 1 N–H and O–H groups in total. The summed E-state index contributed by atoms with van der Waals surface area (Å²) in [4.78, 5) is 2.63. The molecule has 3 heterocycles. The minimum atomic E-state index is -1.23. The van der Waals surface area contributed by atoms with Gasteiger partial charge in [0.05, 0.1) is 5.69 Å². The number of likely N-dealkylation sites (tertiary alicyclic amines) is 1. The van der Waals surface area contributed by atoms with Gasteiger partial charge in [0.2, 0.25) is 0 Å². The van der Waals surface area contributed by atoms with Crippen LogP contribution >= 0.6 is 0 Å². The fraction of sp³-hybridized carbons (Fsp3) is 0.565. The topological polar surface area (TPSA) is 50.3 Å². The number of hydrogen-bond acceptors (Lipinski definition) is 5. The van der Waals surface area contributed by atoms with Crippen molar-refractivity contribution in [3.05, 3.63) is 41.7 Å². The number of anilines is 1. The summed E-state index contributed by atoms with van der Waals surface area (Å²) in [5.41, 5.74) is -0.120. The van der Waals surface area contributed by atoms with Crippen molar-refractivity contribution < 1.29 is 17.9 Å². The van der Waals surface area contributed by atoms with Crippen LogP contribution in [0.15, 0.2) is 24.3 Å². The highest BCUT2D eigenvalue weighted by atomic mass is 19.2. The van der Waals surface area contributed by atoms with Crippen LogP contribution in [-0.4, -0.2) is 54.0 Å². The largest absolute Gasteiger partial charge is 0.381 e.